The van der Waals surface area contributed by atoms with Gasteiger partial charge in [0.15, 0.2) is 0 Å². The van der Waals surface area contributed by atoms with E-state index in [1.807, 2.05) is 43.4 Å². The van der Waals surface area contributed by atoms with Crippen LogP contribution in [0.5, 0.6) is 0 Å². The molecule has 120 valence electrons. The molecule has 0 aliphatic rings. The molecule has 0 unspecified atom stereocenters. The van der Waals surface area contributed by atoms with Gasteiger partial charge in [-0.05, 0) is 54.9 Å². The van der Waals surface area contributed by atoms with Crippen molar-refractivity contribution in [1.82, 2.24) is 14.7 Å². The highest BCUT2D eigenvalue weighted by atomic mass is 35.5. The average molecular weight is 356 g/mol. The molecule has 4 nitrogen and oxygen atoms in total. The van der Waals surface area contributed by atoms with Crippen LogP contribution in [0.15, 0.2) is 58.2 Å². The summed E-state index contributed by atoms with van der Waals surface area (Å²) >= 11 is 7.65. The molecule has 2 aromatic carbocycles. The summed E-state index contributed by atoms with van der Waals surface area (Å²) in [4.78, 5) is 19.6. The number of H-pyrrole nitrogens is 2. The number of nitrogens with one attached hydrogen (secondary N) is 3. The van der Waals surface area contributed by atoms with E-state index in [1.54, 1.807) is 6.07 Å². The van der Waals surface area contributed by atoms with Crippen LogP contribution in [-0.2, 0) is 0 Å². The maximum Gasteiger partial charge on any atom is 0.249 e. The summed E-state index contributed by atoms with van der Waals surface area (Å²) in [5, 5.41) is 1.55. The number of aromatic nitrogens is 2. The zero-order valence-electron chi connectivity index (χ0n) is 12.8. The van der Waals surface area contributed by atoms with E-state index < -0.39 is 0 Å². The molecule has 0 aliphatic heterocycles. The average Bonchev–Trinajstić information content (AvgIpc) is 2.92. The highest BCUT2D eigenvalue weighted by Gasteiger charge is 2.12. The Morgan fingerprint density at radius 3 is 2.75 bits per heavy atom. The lowest BCUT2D eigenvalue weighted by Crippen LogP contribution is -2.04. The van der Waals surface area contributed by atoms with Crippen LogP contribution in [0.1, 0.15) is 0 Å². The Balaban J connectivity index is 2.03. The van der Waals surface area contributed by atoms with E-state index in [9.17, 15) is 4.79 Å². The van der Waals surface area contributed by atoms with Gasteiger partial charge in [0, 0.05) is 32.5 Å². The topological polar surface area (TPSA) is 60.7 Å². The summed E-state index contributed by atoms with van der Waals surface area (Å²) in [6, 6.07) is 15.3. The van der Waals surface area contributed by atoms with E-state index in [0.717, 1.165) is 38.0 Å². The van der Waals surface area contributed by atoms with Gasteiger partial charge in [0.2, 0.25) is 5.56 Å². The molecule has 0 atom stereocenters. The highest BCUT2D eigenvalue weighted by Crippen LogP contribution is 2.33. The van der Waals surface area contributed by atoms with Gasteiger partial charge >= 0.3 is 0 Å². The maximum atomic E-state index is 12.2. The van der Waals surface area contributed by atoms with E-state index >= 15 is 0 Å². The third-order valence-corrected chi connectivity index (χ3v) is 4.85. The molecule has 0 spiro atoms. The van der Waals surface area contributed by atoms with Crippen molar-refractivity contribution >= 4 is 45.5 Å². The SMILES string of the molecule is CNSc1cccc(-c2cc(=O)[nH]c3c2[nH]c2ccc(Cl)cc23)c1. The number of aromatic amines is 2. The van der Waals surface area contributed by atoms with Gasteiger partial charge in [-0.25, -0.2) is 0 Å². The van der Waals surface area contributed by atoms with Gasteiger partial charge in [0.05, 0.1) is 11.0 Å². The van der Waals surface area contributed by atoms with Crippen molar-refractivity contribution in [2.75, 3.05) is 7.05 Å². The van der Waals surface area contributed by atoms with Crippen molar-refractivity contribution < 1.29 is 0 Å². The van der Waals surface area contributed by atoms with Gasteiger partial charge in [0.1, 0.15) is 0 Å². The molecule has 0 amide bonds. The number of fused-ring (bicyclic) bond motifs is 3. The van der Waals surface area contributed by atoms with E-state index in [1.165, 1.54) is 11.9 Å². The summed E-state index contributed by atoms with van der Waals surface area (Å²) in [5.41, 5.74) is 4.35. The molecule has 4 aromatic rings. The second-order valence-corrected chi connectivity index (χ2v) is 6.97. The molecule has 0 radical (unpaired) electrons. The minimum Gasteiger partial charge on any atom is -0.353 e. The van der Waals surface area contributed by atoms with Crippen molar-refractivity contribution in [2.45, 2.75) is 4.90 Å². The second-order valence-electron chi connectivity index (χ2n) is 5.45. The molecular formula is C18H14ClN3OS. The van der Waals surface area contributed by atoms with E-state index in [0.29, 0.717) is 5.02 Å². The van der Waals surface area contributed by atoms with Gasteiger partial charge < -0.3 is 9.97 Å². The van der Waals surface area contributed by atoms with Gasteiger partial charge in [-0.2, -0.15) is 0 Å². The fourth-order valence-corrected chi connectivity index (χ4v) is 3.67. The minimum absolute atomic E-state index is 0.134. The summed E-state index contributed by atoms with van der Waals surface area (Å²) in [5.74, 6) is 0. The number of rotatable bonds is 3. The Bertz CT molecular complexity index is 1120. The first kappa shape index (κ1) is 15.3. The number of pyridine rings is 1. The summed E-state index contributed by atoms with van der Waals surface area (Å²) < 4.78 is 3.07. The first-order valence-electron chi connectivity index (χ1n) is 7.44. The summed E-state index contributed by atoms with van der Waals surface area (Å²) in [7, 11) is 1.88. The molecule has 0 bridgehead atoms. The quantitative estimate of drug-likeness (QED) is 0.472. The third-order valence-electron chi connectivity index (χ3n) is 3.92. The normalized spacial score (nSPS) is 11.4. The fraction of sp³-hybridized carbons (Fsp3) is 0.0556. The first-order chi connectivity index (χ1) is 11.7. The maximum absolute atomic E-state index is 12.2. The zero-order valence-corrected chi connectivity index (χ0v) is 14.4. The Labute approximate surface area is 147 Å². The fourth-order valence-electron chi connectivity index (χ4n) is 2.93. The third kappa shape index (κ3) is 2.60. The molecular weight excluding hydrogens is 342 g/mol. The highest BCUT2D eigenvalue weighted by molar-refractivity contribution is 7.97. The molecule has 4 rings (SSSR count). The van der Waals surface area contributed by atoms with Gasteiger partial charge in [0.25, 0.3) is 0 Å². The first-order valence-corrected chi connectivity index (χ1v) is 8.63. The number of benzene rings is 2. The lowest BCUT2D eigenvalue weighted by atomic mass is 10.1. The predicted octanol–water partition coefficient (Wildman–Crippen LogP) is 4.56. The lowest BCUT2D eigenvalue weighted by molar-refractivity contribution is 1.27. The Kier molecular flexibility index (Phi) is 3.84. The van der Waals surface area contributed by atoms with Gasteiger partial charge in [-0.1, -0.05) is 23.7 Å². The molecule has 24 heavy (non-hydrogen) atoms. The molecule has 3 N–H and O–H groups in total. The standard InChI is InChI=1S/C18H14ClN3OS/c1-20-24-12-4-2-3-10(7-12)13-9-16(23)22-18-14-8-11(19)5-6-15(14)21-17(13)18/h2-9,20-21H,1H3,(H,22,23). The smallest absolute Gasteiger partial charge is 0.249 e. The zero-order chi connectivity index (χ0) is 16.7. The second kappa shape index (κ2) is 6.02. The van der Waals surface area contributed by atoms with E-state index in [-0.39, 0.29) is 5.56 Å². The van der Waals surface area contributed by atoms with Crippen LogP contribution in [-0.4, -0.2) is 17.0 Å². The van der Waals surface area contributed by atoms with Crippen molar-refractivity contribution in [3.63, 3.8) is 0 Å². The van der Waals surface area contributed by atoms with Crippen LogP contribution in [0.4, 0.5) is 0 Å². The molecule has 0 saturated heterocycles. The summed E-state index contributed by atoms with van der Waals surface area (Å²) in [6.45, 7) is 0. The van der Waals surface area contributed by atoms with Crippen molar-refractivity contribution in [2.24, 2.45) is 0 Å². The van der Waals surface area contributed by atoms with E-state index in [2.05, 4.69) is 20.8 Å². The van der Waals surface area contributed by atoms with Gasteiger partial charge in [-0.3, -0.25) is 9.52 Å². The lowest BCUT2D eigenvalue weighted by Gasteiger charge is -2.06. The summed E-state index contributed by atoms with van der Waals surface area (Å²) in [6.07, 6.45) is 0. The monoisotopic (exact) mass is 355 g/mol. The Morgan fingerprint density at radius 1 is 1.04 bits per heavy atom. The predicted molar refractivity (Wildman–Crippen MR) is 102 cm³/mol. The van der Waals surface area contributed by atoms with E-state index in [4.69, 9.17) is 11.6 Å². The molecule has 2 heterocycles. The van der Waals surface area contributed by atoms with Crippen molar-refractivity contribution in [3.05, 3.63) is 63.9 Å². The number of halogens is 1. The number of hydrogen-bond donors (Lipinski definition) is 3. The number of hydrogen-bond acceptors (Lipinski definition) is 3. The van der Waals surface area contributed by atoms with Gasteiger partial charge in [-0.15, -0.1) is 0 Å². The largest absolute Gasteiger partial charge is 0.353 e. The van der Waals surface area contributed by atoms with Crippen LogP contribution in [0, 0.1) is 0 Å². The Hall–Kier alpha value is -2.21. The minimum atomic E-state index is -0.134. The van der Waals surface area contributed by atoms with Crippen LogP contribution < -0.4 is 10.3 Å². The van der Waals surface area contributed by atoms with Crippen molar-refractivity contribution in [1.29, 1.82) is 0 Å². The molecule has 0 saturated carbocycles. The van der Waals surface area contributed by atoms with Crippen LogP contribution in [0.2, 0.25) is 5.02 Å². The molecule has 2 aromatic heterocycles. The van der Waals surface area contributed by atoms with Crippen molar-refractivity contribution in [3.8, 4) is 11.1 Å². The Morgan fingerprint density at radius 2 is 1.92 bits per heavy atom. The molecule has 0 aliphatic carbocycles. The molecule has 0 fully saturated rings. The van der Waals surface area contributed by atoms with Crippen LogP contribution in [0.25, 0.3) is 33.1 Å². The molecule has 6 heteroatoms. The van der Waals surface area contributed by atoms with Crippen LogP contribution >= 0.6 is 23.5 Å². The van der Waals surface area contributed by atoms with Crippen LogP contribution in [0.3, 0.4) is 0 Å².